The molecule has 0 bridgehead atoms. The Kier molecular flexibility index (Phi) is 3.74. The molecule has 0 atom stereocenters. The van der Waals surface area contributed by atoms with Crippen LogP contribution >= 0.6 is 23.2 Å². The van der Waals surface area contributed by atoms with Gasteiger partial charge in [0.2, 0.25) is 5.91 Å². The van der Waals surface area contributed by atoms with Crippen LogP contribution in [0.1, 0.15) is 26.7 Å². The predicted octanol–water partition coefficient (Wildman–Crippen LogP) is 4.16. The van der Waals surface area contributed by atoms with Crippen molar-refractivity contribution in [2.24, 2.45) is 5.41 Å². The van der Waals surface area contributed by atoms with Crippen LogP contribution in [0.5, 0.6) is 0 Å². The first-order valence-electron chi connectivity index (χ1n) is 6.07. The molecular weight excluding hydrogens is 271 g/mol. The lowest BCUT2D eigenvalue weighted by atomic mass is 9.81. The van der Waals surface area contributed by atoms with Crippen molar-refractivity contribution in [1.82, 2.24) is 0 Å². The van der Waals surface area contributed by atoms with Gasteiger partial charge in [0, 0.05) is 6.54 Å². The molecule has 0 saturated heterocycles. The summed E-state index contributed by atoms with van der Waals surface area (Å²) in [6, 6.07) is 3.44. The van der Waals surface area contributed by atoms with E-state index in [2.05, 4.69) is 10.6 Å². The van der Waals surface area contributed by atoms with E-state index in [1.54, 1.807) is 12.1 Å². The average molecular weight is 287 g/mol. The molecule has 1 aliphatic heterocycles. The van der Waals surface area contributed by atoms with E-state index in [0.29, 0.717) is 22.3 Å². The molecule has 1 heterocycles. The van der Waals surface area contributed by atoms with Crippen molar-refractivity contribution in [3.05, 3.63) is 22.2 Å². The van der Waals surface area contributed by atoms with Crippen molar-refractivity contribution in [3.63, 3.8) is 0 Å². The Morgan fingerprint density at radius 2 is 1.72 bits per heavy atom. The van der Waals surface area contributed by atoms with Crippen LogP contribution < -0.4 is 10.6 Å². The Morgan fingerprint density at radius 1 is 1.17 bits per heavy atom. The van der Waals surface area contributed by atoms with Crippen LogP contribution in [0.15, 0.2) is 12.1 Å². The highest BCUT2D eigenvalue weighted by Crippen LogP contribution is 2.38. The molecule has 0 saturated carbocycles. The zero-order chi connectivity index (χ0) is 13.3. The summed E-state index contributed by atoms with van der Waals surface area (Å²) in [6.45, 7) is 4.66. The second-order valence-electron chi connectivity index (χ2n) is 4.61. The third-order valence-electron chi connectivity index (χ3n) is 3.76. The molecule has 0 fully saturated rings. The molecule has 5 heteroatoms. The van der Waals surface area contributed by atoms with Gasteiger partial charge in [-0.1, -0.05) is 37.0 Å². The highest BCUT2D eigenvalue weighted by Gasteiger charge is 2.37. The van der Waals surface area contributed by atoms with Gasteiger partial charge in [0.15, 0.2) is 0 Å². The van der Waals surface area contributed by atoms with Gasteiger partial charge >= 0.3 is 0 Å². The number of anilines is 2. The van der Waals surface area contributed by atoms with Gasteiger partial charge in [-0.3, -0.25) is 4.79 Å². The maximum absolute atomic E-state index is 12.3. The number of fused-ring (bicyclic) bond motifs is 1. The molecule has 98 valence electrons. The molecule has 2 rings (SSSR count). The number of halogens is 2. The van der Waals surface area contributed by atoms with Crippen LogP contribution in [0.2, 0.25) is 10.0 Å². The summed E-state index contributed by atoms with van der Waals surface area (Å²) in [5.74, 6) is 0.0390. The number of carbonyl (C=O) groups is 1. The Hall–Kier alpha value is -0.930. The van der Waals surface area contributed by atoms with E-state index in [4.69, 9.17) is 23.2 Å². The van der Waals surface area contributed by atoms with Gasteiger partial charge in [0.25, 0.3) is 0 Å². The highest BCUT2D eigenvalue weighted by atomic mass is 35.5. The number of carbonyl (C=O) groups excluding carboxylic acids is 1. The van der Waals surface area contributed by atoms with Crippen LogP contribution in [0.3, 0.4) is 0 Å². The molecule has 2 N–H and O–H groups in total. The van der Waals surface area contributed by atoms with Gasteiger partial charge in [-0.2, -0.15) is 0 Å². The van der Waals surface area contributed by atoms with Crippen molar-refractivity contribution < 1.29 is 4.79 Å². The molecule has 3 nitrogen and oxygen atoms in total. The summed E-state index contributed by atoms with van der Waals surface area (Å²) in [6.07, 6.45) is 1.58. The second-order valence-corrected chi connectivity index (χ2v) is 5.42. The summed E-state index contributed by atoms with van der Waals surface area (Å²) in [7, 11) is 0. The third kappa shape index (κ3) is 2.17. The maximum Gasteiger partial charge on any atom is 0.232 e. The van der Waals surface area contributed by atoms with Crippen molar-refractivity contribution in [2.75, 3.05) is 17.2 Å². The summed E-state index contributed by atoms with van der Waals surface area (Å²) in [5.41, 5.74) is 1.14. The molecule has 18 heavy (non-hydrogen) atoms. The van der Waals surface area contributed by atoms with Crippen LogP contribution in [0.4, 0.5) is 11.4 Å². The first-order chi connectivity index (χ1) is 8.52. The summed E-state index contributed by atoms with van der Waals surface area (Å²) in [5, 5.41) is 7.16. The average Bonchev–Trinajstić information content (AvgIpc) is 2.48. The normalized spacial score (nSPS) is 17.4. The molecular formula is C13H16Cl2N2O. The number of hydrogen-bond donors (Lipinski definition) is 2. The molecule has 0 radical (unpaired) electrons. The Morgan fingerprint density at radius 3 is 2.28 bits per heavy atom. The zero-order valence-electron chi connectivity index (χ0n) is 10.4. The van der Waals surface area contributed by atoms with Crippen LogP contribution in [-0.4, -0.2) is 12.5 Å². The predicted molar refractivity (Wildman–Crippen MR) is 76.6 cm³/mol. The van der Waals surface area contributed by atoms with Crippen LogP contribution in [0, 0.1) is 5.41 Å². The molecule has 0 unspecified atom stereocenters. The van der Waals surface area contributed by atoms with Gasteiger partial charge in [-0.15, -0.1) is 0 Å². The minimum Gasteiger partial charge on any atom is -0.382 e. The largest absolute Gasteiger partial charge is 0.382 e. The van der Waals surface area contributed by atoms with E-state index < -0.39 is 0 Å². The maximum atomic E-state index is 12.3. The quantitative estimate of drug-likeness (QED) is 0.857. The first-order valence-corrected chi connectivity index (χ1v) is 6.82. The van der Waals surface area contributed by atoms with Gasteiger partial charge in [0.1, 0.15) is 0 Å². The summed E-state index contributed by atoms with van der Waals surface area (Å²) >= 11 is 12.0. The zero-order valence-corrected chi connectivity index (χ0v) is 12.0. The van der Waals surface area contributed by atoms with E-state index in [0.717, 1.165) is 18.5 Å². The number of rotatable bonds is 2. The van der Waals surface area contributed by atoms with Crippen molar-refractivity contribution in [3.8, 4) is 0 Å². The van der Waals surface area contributed by atoms with Gasteiger partial charge in [-0.05, 0) is 25.0 Å². The Balaban J connectivity index is 2.41. The smallest absolute Gasteiger partial charge is 0.232 e. The van der Waals surface area contributed by atoms with Gasteiger partial charge in [-0.25, -0.2) is 0 Å². The third-order valence-corrected chi connectivity index (χ3v) is 4.48. The molecule has 1 aromatic rings. The van der Waals surface area contributed by atoms with Crippen LogP contribution in [-0.2, 0) is 4.79 Å². The minimum atomic E-state index is -0.377. The molecule has 1 aromatic carbocycles. The summed E-state index contributed by atoms with van der Waals surface area (Å²) < 4.78 is 0. The lowest BCUT2D eigenvalue weighted by Gasteiger charge is -2.27. The number of amides is 1. The molecule has 0 aliphatic carbocycles. The standard InChI is InChI=1S/C13H16Cl2N2O/c1-3-13(4-2)7-16-10-5-8(14)9(15)6-11(10)17-12(13)18/h5-6,16H,3-4,7H2,1-2H3,(H,17,18). The van der Waals surface area contributed by atoms with Crippen LogP contribution in [0.25, 0.3) is 0 Å². The van der Waals surface area contributed by atoms with E-state index in [1.807, 2.05) is 13.8 Å². The van der Waals surface area contributed by atoms with Crippen molar-refractivity contribution >= 4 is 40.5 Å². The van der Waals surface area contributed by atoms with Crippen molar-refractivity contribution in [1.29, 1.82) is 0 Å². The topological polar surface area (TPSA) is 41.1 Å². The molecule has 0 aromatic heterocycles. The lowest BCUT2D eigenvalue weighted by molar-refractivity contribution is -0.125. The minimum absolute atomic E-state index is 0.0390. The van der Waals surface area contributed by atoms with Crippen molar-refractivity contribution in [2.45, 2.75) is 26.7 Å². The number of benzene rings is 1. The van der Waals surface area contributed by atoms with E-state index in [1.165, 1.54) is 0 Å². The van der Waals surface area contributed by atoms with Gasteiger partial charge < -0.3 is 10.6 Å². The van der Waals surface area contributed by atoms with E-state index >= 15 is 0 Å². The number of hydrogen-bond acceptors (Lipinski definition) is 2. The monoisotopic (exact) mass is 286 g/mol. The second kappa shape index (κ2) is 4.98. The lowest BCUT2D eigenvalue weighted by Crippen LogP contribution is -2.39. The molecule has 1 aliphatic rings. The fourth-order valence-electron chi connectivity index (χ4n) is 2.22. The highest BCUT2D eigenvalue weighted by molar-refractivity contribution is 6.42. The Bertz CT molecular complexity index is 484. The summed E-state index contributed by atoms with van der Waals surface area (Å²) in [4.78, 5) is 12.3. The SMILES string of the molecule is CCC1(CC)CNc2cc(Cl)c(Cl)cc2NC1=O. The molecule has 0 spiro atoms. The fraction of sp³-hybridized carbons (Fsp3) is 0.462. The van der Waals surface area contributed by atoms with E-state index in [-0.39, 0.29) is 11.3 Å². The Labute approximate surface area is 117 Å². The number of nitrogens with one attached hydrogen (secondary N) is 2. The fourth-order valence-corrected chi connectivity index (χ4v) is 2.54. The van der Waals surface area contributed by atoms with E-state index in [9.17, 15) is 4.79 Å². The molecule has 1 amide bonds. The first kappa shape index (κ1) is 13.5. The van der Waals surface area contributed by atoms with Gasteiger partial charge in [0.05, 0.1) is 26.8 Å².